The highest BCUT2D eigenvalue weighted by atomic mass is 16.2. The third-order valence-corrected chi connectivity index (χ3v) is 5.53. The number of hydrogen-bond acceptors (Lipinski definition) is 4. The number of amides is 2. The summed E-state index contributed by atoms with van der Waals surface area (Å²) in [6.45, 7) is 5.80. The van der Waals surface area contributed by atoms with E-state index in [4.69, 9.17) is 5.73 Å². The summed E-state index contributed by atoms with van der Waals surface area (Å²) in [6.07, 6.45) is 0. The SMILES string of the molecule is CC(C)(C)N1C(=O)C2(C(=O)N(Cc3ccccc3)c3ccccc32)C(C#N)=C1N. The lowest BCUT2D eigenvalue weighted by atomic mass is 9.76. The van der Waals surface area contributed by atoms with Crippen molar-refractivity contribution in [3.8, 4) is 6.07 Å². The maximum Gasteiger partial charge on any atom is 0.254 e. The topological polar surface area (TPSA) is 90.4 Å². The first kappa shape index (κ1) is 18.8. The van der Waals surface area contributed by atoms with Crippen molar-refractivity contribution in [3.63, 3.8) is 0 Å². The van der Waals surface area contributed by atoms with Gasteiger partial charge in [-0.25, -0.2) is 0 Å². The van der Waals surface area contributed by atoms with Gasteiger partial charge in [-0.3, -0.25) is 14.5 Å². The molecule has 0 aliphatic carbocycles. The highest BCUT2D eigenvalue weighted by Crippen LogP contribution is 2.52. The van der Waals surface area contributed by atoms with Crippen LogP contribution in [0, 0.1) is 11.3 Å². The molecule has 0 radical (unpaired) electrons. The van der Waals surface area contributed by atoms with Gasteiger partial charge in [-0.05, 0) is 32.4 Å². The number of nitrogens with two attached hydrogens (primary N) is 1. The molecule has 6 nitrogen and oxygen atoms in total. The molecule has 0 aromatic heterocycles. The zero-order valence-corrected chi connectivity index (χ0v) is 16.6. The Balaban J connectivity index is 1.94. The van der Waals surface area contributed by atoms with Crippen LogP contribution < -0.4 is 10.6 Å². The molecule has 1 atom stereocenters. The van der Waals surface area contributed by atoms with Crippen molar-refractivity contribution in [3.05, 3.63) is 77.1 Å². The third-order valence-electron chi connectivity index (χ3n) is 5.53. The van der Waals surface area contributed by atoms with Crippen LogP contribution in [0.2, 0.25) is 0 Å². The highest BCUT2D eigenvalue weighted by Gasteiger charge is 2.66. The van der Waals surface area contributed by atoms with E-state index in [0.717, 1.165) is 5.56 Å². The van der Waals surface area contributed by atoms with Crippen LogP contribution in [0.5, 0.6) is 0 Å². The van der Waals surface area contributed by atoms with Crippen LogP contribution in [-0.2, 0) is 21.5 Å². The molecule has 1 unspecified atom stereocenters. The minimum absolute atomic E-state index is 0.00503. The fourth-order valence-electron chi connectivity index (χ4n) is 4.32. The quantitative estimate of drug-likeness (QED) is 0.804. The van der Waals surface area contributed by atoms with E-state index in [2.05, 4.69) is 6.07 Å². The summed E-state index contributed by atoms with van der Waals surface area (Å²) in [6, 6.07) is 18.8. The molecule has 6 heteroatoms. The molecule has 2 amide bonds. The molecular weight excluding hydrogens is 364 g/mol. The fourth-order valence-corrected chi connectivity index (χ4v) is 4.32. The normalized spacial score (nSPS) is 21.2. The minimum Gasteiger partial charge on any atom is -0.384 e. The Kier molecular flexibility index (Phi) is 4.02. The van der Waals surface area contributed by atoms with Crippen LogP contribution in [0.3, 0.4) is 0 Å². The molecule has 0 fully saturated rings. The third kappa shape index (κ3) is 2.40. The van der Waals surface area contributed by atoms with E-state index in [-0.39, 0.29) is 11.4 Å². The average Bonchev–Trinajstić information content (AvgIpc) is 3.06. The van der Waals surface area contributed by atoms with Gasteiger partial charge in [0.25, 0.3) is 11.8 Å². The Labute approximate surface area is 169 Å². The zero-order valence-electron chi connectivity index (χ0n) is 16.6. The van der Waals surface area contributed by atoms with Gasteiger partial charge in [-0.1, -0.05) is 48.5 Å². The predicted octanol–water partition coefficient (Wildman–Crippen LogP) is 2.81. The average molecular weight is 386 g/mol. The number of carbonyl (C=O) groups excluding carboxylic acids is 2. The van der Waals surface area contributed by atoms with Gasteiger partial charge in [0.1, 0.15) is 11.9 Å². The van der Waals surface area contributed by atoms with Gasteiger partial charge in [0.2, 0.25) is 0 Å². The molecule has 2 heterocycles. The second-order valence-electron chi connectivity index (χ2n) is 8.33. The number of fused-ring (bicyclic) bond motifs is 2. The summed E-state index contributed by atoms with van der Waals surface area (Å²) in [7, 11) is 0. The van der Waals surface area contributed by atoms with Crippen molar-refractivity contribution in [2.75, 3.05) is 4.90 Å². The Hall–Kier alpha value is -3.59. The second-order valence-corrected chi connectivity index (χ2v) is 8.33. The number of benzene rings is 2. The molecular formula is C23H22N4O2. The molecule has 4 rings (SSSR count). The molecule has 2 aromatic carbocycles. The standard InChI is InChI=1S/C23H22N4O2/c1-22(2,3)27-19(25)17(13-24)23(21(27)29)16-11-7-8-12-18(16)26(20(23)28)14-15-9-5-4-6-10-15/h4-12H,14,25H2,1-3H3. The maximum absolute atomic E-state index is 13.8. The van der Waals surface area contributed by atoms with E-state index < -0.39 is 22.8 Å². The minimum atomic E-state index is -1.72. The van der Waals surface area contributed by atoms with Crippen LogP contribution in [0.25, 0.3) is 0 Å². The molecule has 2 aliphatic rings. The second kappa shape index (κ2) is 6.21. The van der Waals surface area contributed by atoms with Crippen molar-refractivity contribution in [2.24, 2.45) is 5.73 Å². The van der Waals surface area contributed by atoms with E-state index in [1.807, 2.05) is 63.2 Å². The predicted molar refractivity (Wildman–Crippen MR) is 109 cm³/mol. The van der Waals surface area contributed by atoms with E-state index in [0.29, 0.717) is 17.8 Å². The summed E-state index contributed by atoms with van der Waals surface area (Å²) < 4.78 is 0. The summed E-state index contributed by atoms with van der Waals surface area (Å²) in [4.78, 5) is 30.5. The summed E-state index contributed by atoms with van der Waals surface area (Å²) >= 11 is 0. The van der Waals surface area contributed by atoms with Gasteiger partial charge in [-0.2, -0.15) is 5.26 Å². The number of nitrogens with zero attached hydrogens (tertiary/aromatic N) is 3. The van der Waals surface area contributed by atoms with Crippen LogP contribution in [0.4, 0.5) is 5.69 Å². The summed E-state index contributed by atoms with van der Waals surface area (Å²) in [5, 5.41) is 9.95. The molecule has 2 aliphatic heterocycles. The molecule has 2 aromatic rings. The summed E-state index contributed by atoms with van der Waals surface area (Å²) in [5.41, 5.74) is 5.96. The van der Waals surface area contributed by atoms with Gasteiger partial charge in [0.15, 0.2) is 5.41 Å². The molecule has 146 valence electrons. The van der Waals surface area contributed by atoms with Crippen molar-refractivity contribution in [1.82, 2.24) is 4.90 Å². The number of nitriles is 1. The smallest absolute Gasteiger partial charge is 0.254 e. The Morgan fingerprint density at radius 1 is 1.00 bits per heavy atom. The lowest BCUT2D eigenvalue weighted by molar-refractivity contribution is -0.140. The first-order chi connectivity index (χ1) is 13.7. The molecule has 0 bridgehead atoms. The highest BCUT2D eigenvalue weighted by molar-refractivity contribution is 6.26. The van der Waals surface area contributed by atoms with Crippen molar-refractivity contribution < 1.29 is 9.59 Å². The van der Waals surface area contributed by atoms with Crippen LogP contribution >= 0.6 is 0 Å². The van der Waals surface area contributed by atoms with Gasteiger partial charge in [-0.15, -0.1) is 0 Å². The lowest BCUT2D eigenvalue weighted by Gasteiger charge is -2.34. The van der Waals surface area contributed by atoms with E-state index >= 15 is 0 Å². The molecule has 29 heavy (non-hydrogen) atoms. The number of anilines is 1. The Bertz CT molecular complexity index is 1090. The largest absolute Gasteiger partial charge is 0.384 e. The Morgan fingerprint density at radius 2 is 1.62 bits per heavy atom. The maximum atomic E-state index is 13.8. The van der Waals surface area contributed by atoms with Gasteiger partial charge >= 0.3 is 0 Å². The number of hydrogen-bond donors (Lipinski definition) is 1. The van der Waals surface area contributed by atoms with Gasteiger partial charge in [0.05, 0.1) is 12.1 Å². The Morgan fingerprint density at radius 3 is 2.24 bits per heavy atom. The number of carbonyl (C=O) groups is 2. The van der Waals surface area contributed by atoms with Crippen LogP contribution in [-0.4, -0.2) is 22.3 Å². The van der Waals surface area contributed by atoms with E-state index in [1.54, 1.807) is 17.0 Å². The zero-order chi connectivity index (χ0) is 21.0. The molecule has 2 N–H and O–H groups in total. The molecule has 0 saturated carbocycles. The van der Waals surface area contributed by atoms with Crippen molar-refractivity contribution >= 4 is 17.5 Å². The van der Waals surface area contributed by atoms with Gasteiger partial charge < -0.3 is 10.6 Å². The number of para-hydroxylation sites is 1. The van der Waals surface area contributed by atoms with Crippen LogP contribution in [0.1, 0.15) is 31.9 Å². The fraction of sp³-hybridized carbons (Fsp3) is 0.261. The first-order valence-electron chi connectivity index (χ1n) is 9.45. The lowest BCUT2D eigenvalue weighted by Crippen LogP contribution is -2.53. The van der Waals surface area contributed by atoms with Crippen molar-refractivity contribution in [1.29, 1.82) is 5.26 Å². The van der Waals surface area contributed by atoms with Crippen molar-refractivity contribution in [2.45, 2.75) is 38.3 Å². The van der Waals surface area contributed by atoms with Gasteiger partial charge in [0, 0.05) is 16.8 Å². The molecule has 1 spiro atoms. The summed E-state index contributed by atoms with van der Waals surface area (Å²) in [5.74, 6) is -0.847. The molecule has 0 saturated heterocycles. The monoisotopic (exact) mass is 386 g/mol. The van der Waals surface area contributed by atoms with Crippen LogP contribution in [0.15, 0.2) is 66.0 Å². The van der Waals surface area contributed by atoms with E-state index in [9.17, 15) is 14.9 Å². The first-order valence-corrected chi connectivity index (χ1v) is 9.45. The number of rotatable bonds is 2. The van der Waals surface area contributed by atoms with E-state index in [1.165, 1.54) is 4.90 Å².